The van der Waals surface area contributed by atoms with Gasteiger partial charge in [-0.2, -0.15) is 0 Å². The molecule has 23 heavy (non-hydrogen) atoms. The summed E-state index contributed by atoms with van der Waals surface area (Å²) in [4.78, 5) is 12.5. The third kappa shape index (κ3) is 2.34. The topological polar surface area (TPSA) is 26.3 Å². The third-order valence-electron chi connectivity index (χ3n) is 6.24. The van der Waals surface area contributed by atoms with E-state index in [9.17, 15) is 4.79 Å². The van der Waals surface area contributed by atoms with Crippen LogP contribution in [-0.2, 0) is 14.9 Å². The molecule has 0 N–H and O–H groups in total. The molecule has 2 nitrogen and oxygen atoms in total. The molecule has 0 heterocycles. The molecular weight excluding hydrogens is 284 g/mol. The second kappa shape index (κ2) is 5.51. The number of ether oxygens (including phenoxy) is 1. The Kier molecular flexibility index (Phi) is 3.90. The van der Waals surface area contributed by atoms with Crippen LogP contribution < -0.4 is 0 Å². The molecule has 124 valence electrons. The molecule has 0 bridgehead atoms. The highest BCUT2D eigenvalue weighted by molar-refractivity contribution is 5.79. The van der Waals surface area contributed by atoms with Gasteiger partial charge in [0, 0.05) is 11.3 Å². The van der Waals surface area contributed by atoms with E-state index in [1.54, 1.807) is 0 Å². The number of hydrogen-bond donors (Lipinski definition) is 0. The van der Waals surface area contributed by atoms with Crippen molar-refractivity contribution in [3.63, 3.8) is 0 Å². The SMILES string of the molecule is COC(=O)[C@@]1(C)CCC[C@@]2(C)c3ccc(C(C)C)cc3C=C[C@H]21. The molecule has 1 aromatic carbocycles. The van der Waals surface area contributed by atoms with Crippen LogP contribution in [0, 0.1) is 11.3 Å². The Morgan fingerprint density at radius 2 is 2.00 bits per heavy atom. The van der Waals surface area contributed by atoms with Crippen LogP contribution in [0.25, 0.3) is 6.08 Å². The summed E-state index contributed by atoms with van der Waals surface area (Å²) in [6.07, 6.45) is 7.59. The molecule has 0 amide bonds. The van der Waals surface area contributed by atoms with E-state index in [4.69, 9.17) is 4.74 Å². The minimum Gasteiger partial charge on any atom is -0.469 e. The van der Waals surface area contributed by atoms with Gasteiger partial charge in [0.1, 0.15) is 0 Å². The van der Waals surface area contributed by atoms with Gasteiger partial charge in [0.05, 0.1) is 12.5 Å². The van der Waals surface area contributed by atoms with E-state index in [0.29, 0.717) is 5.92 Å². The van der Waals surface area contributed by atoms with Crippen molar-refractivity contribution in [2.75, 3.05) is 7.11 Å². The van der Waals surface area contributed by atoms with E-state index in [2.05, 4.69) is 58.0 Å². The average molecular weight is 312 g/mol. The van der Waals surface area contributed by atoms with Crippen LogP contribution in [0.5, 0.6) is 0 Å². The van der Waals surface area contributed by atoms with Gasteiger partial charge in [-0.25, -0.2) is 0 Å². The fourth-order valence-corrected chi connectivity index (χ4v) is 4.82. The summed E-state index contributed by atoms with van der Waals surface area (Å²) in [5.74, 6) is 0.667. The van der Waals surface area contributed by atoms with Gasteiger partial charge < -0.3 is 4.74 Å². The van der Waals surface area contributed by atoms with E-state index in [1.807, 2.05) is 0 Å². The molecule has 0 unspecified atom stereocenters. The summed E-state index contributed by atoms with van der Waals surface area (Å²) in [5.41, 5.74) is 3.68. The number of methoxy groups -OCH3 is 1. The number of allylic oxidation sites excluding steroid dienone is 1. The van der Waals surface area contributed by atoms with E-state index >= 15 is 0 Å². The number of carbonyl (C=O) groups excluding carboxylic acids is 1. The summed E-state index contributed by atoms with van der Waals surface area (Å²) in [7, 11) is 1.51. The fraction of sp³-hybridized carbons (Fsp3) is 0.571. The Labute approximate surface area is 139 Å². The maximum atomic E-state index is 12.5. The van der Waals surface area contributed by atoms with Crippen LogP contribution in [0.15, 0.2) is 24.3 Å². The first-order valence-electron chi connectivity index (χ1n) is 8.74. The number of esters is 1. The Balaban J connectivity index is 2.10. The quantitative estimate of drug-likeness (QED) is 0.712. The average Bonchev–Trinajstić information content (AvgIpc) is 2.53. The number of fused-ring (bicyclic) bond motifs is 3. The van der Waals surface area contributed by atoms with E-state index in [-0.39, 0.29) is 17.3 Å². The second-order valence-corrected chi connectivity index (χ2v) is 8.02. The van der Waals surface area contributed by atoms with Crippen molar-refractivity contribution < 1.29 is 9.53 Å². The molecule has 2 aliphatic carbocycles. The maximum Gasteiger partial charge on any atom is 0.312 e. The Bertz CT molecular complexity index is 658. The lowest BCUT2D eigenvalue weighted by Crippen LogP contribution is -2.50. The van der Waals surface area contributed by atoms with Crippen LogP contribution in [-0.4, -0.2) is 13.1 Å². The number of rotatable bonds is 2. The van der Waals surface area contributed by atoms with Crippen LogP contribution in [0.4, 0.5) is 0 Å². The van der Waals surface area contributed by atoms with E-state index in [0.717, 1.165) is 19.3 Å². The largest absolute Gasteiger partial charge is 0.469 e. The smallest absolute Gasteiger partial charge is 0.312 e. The van der Waals surface area contributed by atoms with Gasteiger partial charge in [-0.3, -0.25) is 4.79 Å². The monoisotopic (exact) mass is 312 g/mol. The normalized spacial score (nSPS) is 32.3. The molecule has 0 aliphatic heterocycles. The lowest BCUT2D eigenvalue weighted by atomic mass is 9.51. The molecular formula is C21H28O2. The van der Waals surface area contributed by atoms with Gasteiger partial charge in [-0.05, 0) is 42.4 Å². The summed E-state index contributed by atoms with van der Waals surface area (Å²) in [6, 6.07) is 6.88. The van der Waals surface area contributed by atoms with Crippen LogP contribution in [0.1, 0.15) is 69.6 Å². The first-order chi connectivity index (χ1) is 10.8. The molecule has 0 saturated heterocycles. The molecule has 0 aromatic heterocycles. The fourth-order valence-electron chi connectivity index (χ4n) is 4.82. The summed E-state index contributed by atoms with van der Waals surface area (Å²) >= 11 is 0. The van der Waals surface area contributed by atoms with Crippen molar-refractivity contribution in [3.05, 3.63) is 41.0 Å². The Morgan fingerprint density at radius 1 is 1.26 bits per heavy atom. The van der Waals surface area contributed by atoms with Crippen LogP contribution in [0.2, 0.25) is 0 Å². The van der Waals surface area contributed by atoms with E-state index in [1.165, 1.54) is 23.8 Å². The molecule has 3 atom stereocenters. The van der Waals surface area contributed by atoms with Crippen molar-refractivity contribution >= 4 is 12.0 Å². The number of hydrogen-bond acceptors (Lipinski definition) is 2. The van der Waals surface area contributed by atoms with Crippen LogP contribution >= 0.6 is 0 Å². The second-order valence-electron chi connectivity index (χ2n) is 8.02. The molecule has 2 heteroatoms. The summed E-state index contributed by atoms with van der Waals surface area (Å²) in [5, 5.41) is 0. The zero-order valence-corrected chi connectivity index (χ0v) is 15.0. The lowest BCUT2D eigenvalue weighted by molar-refractivity contribution is -0.158. The van der Waals surface area contributed by atoms with Crippen LogP contribution in [0.3, 0.4) is 0 Å². The third-order valence-corrected chi connectivity index (χ3v) is 6.24. The van der Waals surface area contributed by atoms with E-state index < -0.39 is 5.41 Å². The molecule has 1 aromatic rings. The predicted molar refractivity (Wildman–Crippen MR) is 94.4 cm³/mol. The van der Waals surface area contributed by atoms with Gasteiger partial charge in [-0.15, -0.1) is 0 Å². The Hall–Kier alpha value is -1.57. The lowest BCUT2D eigenvalue weighted by Gasteiger charge is -2.51. The molecule has 1 saturated carbocycles. The molecule has 3 rings (SSSR count). The molecule has 0 spiro atoms. The molecule has 0 radical (unpaired) electrons. The highest BCUT2D eigenvalue weighted by Crippen LogP contribution is 2.56. The zero-order valence-electron chi connectivity index (χ0n) is 15.0. The zero-order chi connectivity index (χ0) is 16.8. The van der Waals surface area contributed by atoms with Crippen molar-refractivity contribution in [1.29, 1.82) is 0 Å². The van der Waals surface area contributed by atoms with Gasteiger partial charge in [0.15, 0.2) is 0 Å². The van der Waals surface area contributed by atoms with Crippen molar-refractivity contribution in [2.45, 2.75) is 58.3 Å². The minimum atomic E-state index is -0.424. The van der Waals surface area contributed by atoms with Gasteiger partial charge in [0.25, 0.3) is 0 Å². The van der Waals surface area contributed by atoms with Gasteiger partial charge in [0.2, 0.25) is 0 Å². The van der Waals surface area contributed by atoms with Crippen molar-refractivity contribution in [2.24, 2.45) is 11.3 Å². The number of carbonyl (C=O) groups is 1. The Morgan fingerprint density at radius 3 is 2.65 bits per heavy atom. The first-order valence-corrected chi connectivity index (χ1v) is 8.74. The highest BCUT2D eigenvalue weighted by Gasteiger charge is 2.54. The van der Waals surface area contributed by atoms with Crippen molar-refractivity contribution in [1.82, 2.24) is 0 Å². The van der Waals surface area contributed by atoms with Gasteiger partial charge >= 0.3 is 5.97 Å². The van der Waals surface area contributed by atoms with Crippen molar-refractivity contribution in [3.8, 4) is 0 Å². The molecule has 1 fully saturated rings. The predicted octanol–water partition coefficient (Wildman–Crippen LogP) is 5.07. The minimum absolute atomic E-state index is 0.0147. The highest BCUT2D eigenvalue weighted by atomic mass is 16.5. The number of benzene rings is 1. The summed E-state index contributed by atoms with van der Waals surface area (Å²) in [6.45, 7) is 8.87. The van der Waals surface area contributed by atoms with Gasteiger partial charge in [-0.1, -0.05) is 57.5 Å². The maximum absolute atomic E-state index is 12.5. The summed E-state index contributed by atoms with van der Waals surface area (Å²) < 4.78 is 5.15. The first kappa shape index (κ1) is 16.3. The standard InChI is InChI=1S/C21H28O2/c1-14(2)15-7-9-17-16(13-15)8-10-18-20(17,3)11-6-12-21(18,4)19(22)23-5/h7-10,13-14,18H,6,11-12H2,1-5H3/t18-,20+,21+/m1/s1. The molecule has 2 aliphatic rings.